The van der Waals surface area contributed by atoms with Crippen LogP contribution in [0.15, 0.2) is 24.3 Å². The lowest BCUT2D eigenvalue weighted by molar-refractivity contribution is -0.140. The Kier molecular flexibility index (Phi) is 5.63. The van der Waals surface area contributed by atoms with Crippen molar-refractivity contribution in [2.45, 2.75) is 25.7 Å². The number of benzene rings is 1. The Morgan fingerprint density at radius 2 is 1.91 bits per heavy atom. The molecule has 1 aliphatic carbocycles. The van der Waals surface area contributed by atoms with Crippen LogP contribution in [0.1, 0.15) is 25.7 Å². The van der Waals surface area contributed by atoms with Crippen LogP contribution in [-0.2, 0) is 4.79 Å². The fourth-order valence-electron chi connectivity index (χ4n) is 2.75. The quantitative estimate of drug-likeness (QED) is 0.334. The van der Waals surface area contributed by atoms with Crippen molar-refractivity contribution in [3.05, 3.63) is 24.3 Å². The Morgan fingerprint density at radius 1 is 1.27 bits per heavy atom. The van der Waals surface area contributed by atoms with Gasteiger partial charge in [-0.05, 0) is 43.7 Å². The van der Waals surface area contributed by atoms with Gasteiger partial charge in [0.25, 0.3) is 0 Å². The van der Waals surface area contributed by atoms with Gasteiger partial charge in [-0.25, -0.2) is 0 Å². The van der Waals surface area contributed by atoms with Gasteiger partial charge in [-0.2, -0.15) is 0 Å². The van der Waals surface area contributed by atoms with Crippen LogP contribution in [0.3, 0.4) is 0 Å². The lowest BCUT2D eigenvalue weighted by Gasteiger charge is -2.27. The first-order valence-corrected chi connectivity index (χ1v) is 7.52. The summed E-state index contributed by atoms with van der Waals surface area (Å²) in [6, 6.07) is 7.16. The molecule has 1 aromatic rings. The van der Waals surface area contributed by atoms with Crippen LogP contribution < -0.4 is 20.5 Å². The van der Waals surface area contributed by atoms with Crippen molar-refractivity contribution in [3.63, 3.8) is 0 Å². The number of ether oxygens (including phenoxy) is 2. The van der Waals surface area contributed by atoms with Gasteiger partial charge in [-0.15, -0.1) is 0 Å². The van der Waals surface area contributed by atoms with Crippen molar-refractivity contribution in [2.24, 2.45) is 17.6 Å². The molecule has 1 aromatic carbocycles. The molecular weight excluding hydrogens is 282 g/mol. The van der Waals surface area contributed by atoms with Crippen molar-refractivity contribution in [1.82, 2.24) is 5.32 Å². The van der Waals surface area contributed by atoms with Gasteiger partial charge in [0.1, 0.15) is 0 Å². The Morgan fingerprint density at radius 3 is 2.50 bits per heavy atom. The zero-order valence-electron chi connectivity index (χ0n) is 12.8. The van der Waals surface area contributed by atoms with Crippen LogP contribution >= 0.6 is 0 Å². The van der Waals surface area contributed by atoms with Crippen molar-refractivity contribution in [1.29, 1.82) is 5.41 Å². The molecule has 0 bridgehead atoms. The Balaban J connectivity index is 1.83. The third kappa shape index (κ3) is 4.38. The number of hydrogen-bond acceptors (Lipinski definition) is 4. The lowest BCUT2D eigenvalue weighted by Crippen LogP contribution is -2.36. The zero-order valence-corrected chi connectivity index (χ0v) is 12.8. The number of methoxy groups -OCH3 is 1. The molecule has 1 aliphatic rings. The zero-order chi connectivity index (χ0) is 15.9. The van der Waals surface area contributed by atoms with Crippen LogP contribution in [0.25, 0.3) is 0 Å². The molecule has 0 unspecified atom stereocenters. The smallest absolute Gasteiger partial charge is 0.314 e. The molecule has 0 amide bonds. The normalized spacial score (nSPS) is 21.0. The predicted molar refractivity (Wildman–Crippen MR) is 84.0 cm³/mol. The van der Waals surface area contributed by atoms with Gasteiger partial charge in [0, 0.05) is 6.54 Å². The topological polar surface area (TPSA) is 97.4 Å². The summed E-state index contributed by atoms with van der Waals surface area (Å²) in [5, 5.41) is 10.0. The number of carbonyl (C=O) groups is 1. The predicted octanol–water partition coefficient (Wildman–Crippen LogP) is 1.89. The molecule has 1 saturated carbocycles. The number of rotatable bonds is 5. The van der Waals surface area contributed by atoms with E-state index in [4.69, 9.17) is 20.6 Å². The lowest BCUT2D eigenvalue weighted by atomic mass is 9.82. The highest BCUT2D eigenvalue weighted by Gasteiger charge is 2.28. The van der Waals surface area contributed by atoms with E-state index < -0.39 is 0 Å². The molecule has 0 saturated heterocycles. The first kappa shape index (κ1) is 16.1. The molecule has 0 radical (unpaired) electrons. The average molecular weight is 305 g/mol. The maximum absolute atomic E-state index is 12.3. The number of carbonyl (C=O) groups excluding carboxylic acids is 1. The maximum atomic E-state index is 12.3. The largest absolute Gasteiger partial charge is 0.493 e. The Hall–Kier alpha value is -2.24. The van der Waals surface area contributed by atoms with Gasteiger partial charge in [-0.3, -0.25) is 10.2 Å². The first-order valence-electron chi connectivity index (χ1n) is 7.52. The Labute approximate surface area is 130 Å². The van der Waals surface area contributed by atoms with Gasteiger partial charge >= 0.3 is 5.97 Å². The van der Waals surface area contributed by atoms with Gasteiger partial charge in [0.2, 0.25) is 0 Å². The molecule has 0 spiro atoms. The minimum absolute atomic E-state index is 0.00212. The number of nitrogens with one attached hydrogen (secondary N) is 2. The van der Waals surface area contributed by atoms with Gasteiger partial charge in [-0.1, -0.05) is 12.1 Å². The summed E-state index contributed by atoms with van der Waals surface area (Å²) in [6.45, 7) is 0.698. The van der Waals surface area contributed by atoms with E-state index >= 15 is 0 Å². The number of nitrogens with two attached hydrogens (primary N) is 1. The molecule has 0 aromatic heterocycles. The molecule has 6 nitrogen and oxygen atoms in total. The summed E-state index contributed by atoms with van der Waals surface area (Å²) in [4.78, 5) is 12.3. The van der Waals surface area contributed by atoms with Gasteiger partial charge < -0.3 is 20.5 Å². The summed E-state index contributed by atoms with van der Waals surface area (Å²) in [5.74, 6) is 1.23. The molecule has 120 valence electrons. The summed E-state index contributed by atoms with van der Waals surface area (Å²) >= 11 is 0. The summed E-state index contributed by atoms with van der Waals surface area (Å²) in [5.41, 5.74) is 5.28. The highest BCUT2D eigenvalue weighted by molar-refractivity contribution is 5.76. The average Bonchev–Trinajstić information content (AvgIpc) is 2.54. The molecule has 0 atom stereocenters. The molecule has 22 heavy (non-hydrogen) atoms. The first-order chi connectivity index (χ1) is 10.6. The standard InChI is InChI=1S/C16H23N3O3/c1-21-13-4-2-3-5-14(13)22-15(20)12-8-6-11(7-9-12)10-19-16(17)18/h2-5,11-12H,6-10H2,1H3,(H4,17,18,19). The van der Waals surface area contributed by atoms with Gasteiger partial charge in [0.05, 0.1) is 13.0 Å². The SMILES string of the molecule is COc1ccccc1OC(=O)C1CCC(CNC(=N)N)CC1. The van der Waals surface area contributed by atoms with Crippen molar-refractivity contribution < 1.29 is 14.3 Å². The van der Waals surface area contributed by atoms with E-state index in [0.29, 0.717) is 24.0 Å². The van der Waals surface area contributed by atoms with Crippen LogP contribution in [0.4, 0.5) is 0 Å². The Bertz CT molecular complexity index is 525. The molecule has 0 heterocycles. The van der Waals surface area contributed by atoms with Crippen molar-refractivity contribution >= 4 is 11.9 Å². The van der Waals surface area contributed by atoms with Crippen molar-refractivity contribution in [2.75, 3.05) is 13.7 Å². The maximum Gasteiger partial charge on any atom is 0.314 e. The monoisotopic (exact) mass is 305 g/mol. The van der Waals surface area contributed by atoms with Crippen LogP contribution in [0.5, 0.6) is 11.5 Å². The highest BCUT2D eigenvalue weighted by atomic mass is 16.6. The van der Waals surface area contributed by atoms with E-state index in [9.17, 15) is 4.79 Å². The van der Waals surface area contributed by atoms with E-state index in [0.717, 1.165) is 25.7 Å². The second-order valence-corrected chi connectivity index (χ2v) is 5.58. The second-order valence-electron chi connectivity index (χ2n) is 5.58. The third-order valence-corrected chi connectivity index (χ3v) is 4.04. The summed E-state index contributed by atoms with van der Waals surface area (Å²) in [7, 11) is 1.56. The second kappa shape index (κ2) is 7.68. The summed E-state index contributed by atoms with van der Waals surface area (Å²) in [6.07, 6.45) is 3.48. The number of para-hydroxylation sites is 2. The summed E-state index contributed by atoms with van der Waals surface area (Å²) < 4.78 is 10.7. The fraction of sp³-hybridized carbons (Fsp3) is 0.500. The van der Waals surface area contributed by atoms with Crippen LogP contribution in [0.2, 0.25) is 0 Å². The molecule has 4 N–H and O–H groups in total. The van der Waals surface area contributed by atoms with E-state index in [1.165, 1.54) is 0 Å². The van der Waals surface area contributed by atoms with E-state index in [2.05, 4.69) is 5.32 Å². The highest BCUT2D eigenvalue weighted by Crippen LogP contribution is 2.32. The fourth-order valence-corrected chi connectivity index (χ4v) is 2.75. The van der Waals surface area contributed by atoms with Crippen LogP contribution in [0, 0.1) is 17.2 Å². The van der Waals surface area contributed by atoms with Crippen molar-refractivity contribution in [3.8, 4) is 11.5 Å². The van der Waals surface area contributed by atoms with Crippen LogP contribution in [-0.4, -0.2) is 25.6 Å². The molecule has 2 rings (SSSR count). The minimum atomic E-state index is -0.192. The number of esters is 1. The van der Waals surface area contributed by atoms with E-state index in [-0.39, 0.29) is 17.8 Å². The molecule has 6 heteroatoms. The van der Waals surface area contributed by atoms with E-state index in [1.807, 2.05) is 12.1 Å². The van der Waals surface area contributed by atoms with Gasteiger partial charge in [0.15, 0.2) is 17.5 Å². The van der Waals surface area contributed by atoms with E-state index in [1.54, 1.807) is 19.2 Å². The third-order valence-electron chi connectivity index (χ3n) is 4.04. The number of guanidine groups is 1. The molecule has 1 fully saturated rings. The molecule has 0 aliphatic heterocycles. The number of hydrogen-bond donors (Lipinski definition) is 3. The minimum Gasteiger partial charge on any atom is -0.493 e. The molecular formula is C16H23N3O3.